The molecule has 3 heteroatoms. The van der Waals surface area contributed by atoms with E-state index >= 15 is 0 Å². The molecule has 4 aromatic rings. The fraction of sp³-hybridized carbons (Fsp3) is 0.143. The van der Waals surface area contributed by atoms with Gasteiger partial charge in [-0.1, -0.05) is 74.5 Å². The maximum Gasteiger partial charge on any atom is 0.131 e. The third-order valence-electron chi connectivity index (χ3n) is 5.74. The van der Waals surface area contributed by atoms with Gasteiger partial charge >= 0.3 is 0 Å². The predicted molar refractivity (Wildman–Crippen MR) is 124 cm³/mol. The van der Waals surface area contributed by atoms with Gasteiger partial charge in [0.15, 0.2) is 0 Å². The lowest BCUT2D eigenvalue weighted by atomic mass is 9.91. The average Bonchev–Trinajstić information content (AvgIpc) is 2.81. The number of benzene rings is 4. The minimum absolute atomic E-state index is 0.0374. The highest BCUT2D eigenvalue weighted by atomic mass is 16.5. The van der Waals surface area contributed by atoms with Crippen molar-refractivity contribution in [2.45, 2.75) is 25.7 Å². The molecule has 2 N–H and O–H groups in total. The molecule has 0 heterocycles. The van der Waals surface area contributed by atoms with Crippen LogP contribution < -0.4 is 4.74 Å². The summed E-state index contributed by atoms with van der Waals surface area (Å²) in [6.45, 7) is 4.20. The van der Waals surface area contributed by atoms with Gasteiger partial charge in [-0.15, -0.1) is 0 Å². The van der Waals surface area contributed by atoms with E-state index in [4.69, 9.17) is 4.74 Å². The Morgan fingerprint density at radius 3 is 1.32 bits per heavy atom. The van der Waals surface area contributed by atoms with Gasteiger partial charge in [0.25, 0.3) is 0 Å². The number of aromatic hydroxyl groups is 2. The zero-order chi connectivity index (χ0) is 21.8. The average molecular weight is 411 g/mol. The molecule has 0 amide bonds. The van der Waals surface area contributed by atoms with E-state index in [0.29, 0.717) is 11.5 Å². The Balaban J connectivity index is 1.74. The SMILES string of the molecule is CC(c1ccccc1)c1cc(O)ccc1Oc1ccc(O)cc1C(C)c1ccccc1. The van der Waals surface area contributed by atoms with Gasteiger partial charge in [0.05, 0.1) is 0 Å². The second-order valence-corrected chi connectivity index (χ2v) is 7.81. The molecule has 0 aliphatic carbocycles. The van der Waals surface area contributed by atoms with Crippen LogP contribution in [0.5, 0.6) is 23.0 Å². The summed E-state index contributed by atoms with van der Waals surface area (Å²) in [5, 5.41) is 20.3. The Bertz CT molecular complexity index is 1060. The molecule has 0 saturated heterocycles. The predicted octanol–water partition coefficient (Wildman–Crippen LogP) is 7.19. The van der Waals surface area contributed by atoms with Gasteiger partial charge in [-0.05, 0) is 47.5 Å². The Hall–Kier alpha value is -3.72. The second-order valence-electron chi connectivity index (χ2n) is 7.81. The first-order valence-electron chi connectivity index (χ1n) is 10.5. The largest absolute Gasteiger partial charge is 0.508 e. The van der Waals surface area contributed by atoms with E-state index in [2.05, 4.69) is 38.1 Å². The van der Waals surface area contributed by atoms with Crippen LogP contribution in [0.15, 0.2) is 97.1 Å². The van der Waals surface area contributed by atoms with Gasteiger partial charge < -0.3 is 14.9 Å². The van der Waals surface area contributed by atoms with Crippen molar-refractivity contribution < 1.29 is 14.9 Å². The van der Waals surface area contributed by atoms with Crippen LogP contribution in [-0.2, 0) is 0 Å². The molecule has 156 valence electrons. The summed E-state index contributed by atoms with van der Waals surface area (Å²) in [4.78, 5) is 0. The van der Waals surface area contributed by atoms with Gasteiger partial charge in [0, 0.05) is 23.0 Å². The molecule has 4 aromatic carbocycles. The Kier molecular flexibility index (Phi) is 5.94. The Labute approximate surface area is 183 Å². The molecule has 0 spiro atoms. The molecule has 0 aromatic heterocycles. The molecule has 0 aliphatic rings. The second kappa shape index (κ2) is 8.97. The van der Waals surface area contributed by atoms with Gasteiger partial charge in [-0.3, -0.25) is 0 Å². The summed E-state index contributed by atoms with van der Waals surface area (Å²) in [6, 6.07) is 30.7. The molecule has 3 nitrogen and oxygen atoms in total. The molecule has 0 bridgehead atoms. The molecular formula is C28H26O3. The summed E-state index contributed by atoms with van der Waals surface area (Å²) < 4.78 is 6.41. The minimum Gasteiger partial charge on any atom is -0.508 e. The molecule has 0 aliphatic heterocycles. The van der Waals surface area contributed by atoms with E-state index in [1.165, 1.54) is 0 Å². The van der Waals surface area contributed by atoms with E-state index < -0.39 is 0 Å². The third-order valence-corrected chi connectivity index (χ3v) is 5.74. The van der Waals surface area contributed by atoms with Gasteiger partial charge in [0.1, 0.15) is 23.0 Å². The number of phenols is 2. The normalized spacial score (nSPS) is 12.8. The van der Waals surface area contributed by atoms with Crippen molar-refractivity contribution in [1.82, 2.24) is 0 Å². The van der Waals surface area contributed by atoms with Crippen molar-refractivity contribution in [1.29, 1.82) is 0 Å². The highest BCUT2D eigenvalue weighted by Gasteiger charge is 2.19. The zero-order valence-corrected chi connectivity index (χ0v) is 17.7. The number of ether oxygens (including phenoxy) is 1. The zero-order valence-electron chi connectivity index (χ0n) is 17.7. The van der Waals surface area contributed by atoms with Crippen molar-refractivity contribution in [3.05, 3.63) is 119 Å². The van der Waals surface area contributed by atoms with Crippen LogP contribution in [0.4, 0.5) is 0 Å². The monoisotopic (exact) mass is 410 g/mol. The molecule has 0 radical (unpaired) electrons. The summed E-state index contributed by atoms with van der Waals surface area (Å²) in [5.74, 6) is 1.84. The van der Waals surface area contributed by atoms with E-state index in [1.807, 2.05) is 36.4 Å². The van der Waals surface area contributed by atoms with Crippen molar-refractivity contribution in [3.8, 4) is 23.0 Å². The first-order chi connectivity index (χ1) is 15.0. The number of rotatable bonds is 6. The number of phenolic OH excluding ortho intramolecular Hbond substituents is 2. The lowest BCUT2D eigenvalue weighted by Gasteiger charge is -2.21. The summed E-state index contributed by atoms with van der Waals surface area (Å²) in [5.41, 5.74) is 4.08. The smallest absolute Gasteiger partial charge is 0.131 e. The van der Waals surface area contributed by atoms with Crippen LogP contribution in [-0.4, -0.2) is 10.2 Å². The van der Waals surface area contributed by atoms with Crippen LogP contribution in [0.25, 0.3) is 0 Å². The topological polar surface area (TPSA) is 49.7 Å². The maximum absolute atomic E-state index is 10.1. The molecule has 0 fully saturated rings. The van der Waals surface area contributed by atoms with Crippen LogP contribution in [0.1, 0.15) is 47.9 Å². The highest BCUT2D eigenvalue weighted by molar-refractivity contribution is 5.51. The fourth-order valence-electron chi connectivity index (χ4n) is 3.90. The lowest BCUT2D eigenvalue weighted by Crippen LogP contribution is -2.02. The van der Waals surface area contributed by atoms with Crippen LogP contribution >= 0.6 is 0 Å². The standard InChI is InChI=1S/C28H26O3/c1-19(21-9-5-3-6-10-21)25-17-23(29)13-15-27(25)31-28-16-14-24(30)18-26(28)20(2)22-11-7-4-8-12-22/h3-20,29-30H,1-2H3. The quantitative estimate of drug-likeness (QED) is 0.353. The molecule has 31 heavy (non-hydrogen) atoms. The van der Waals surface area contributed by atoms with Crippen molar-refractivity contribution >= 4 is 0 Å². The number of hydrogen-bond donors (Lipinski definition) is 2. The van der Waals surface area contributed by atoms with Crippen molar-refractivity contribution in [3.63, 3.8) is 0 Å². The summed E-state index contributed by atoms with van der Waals surface area (Å²) >= 11 is 0. The van der Waals surface area contributed by atoms with Gasteiger partial charge in [-0.25, -0.2) is 0 Å². The lowest BCUT2D eigenvalue weighted by molar-refractivity contribution is 0.448. The Morgan fingerprint density at radius 1 is 0.548 bits per heavy atom. The molecule has 2 unspecified atom stereocenters. The summed E-state index contributed by atoms with van der Waals surface area (Å²) in [7, 11) is 0. The molecule has 0 saturated carbocycles. The first kappa shape index (κ1) is 20.5. The van der Waals surface area contributed by atoms with Crippen molar-refractivity contribution in [2.75, 3.05) is 0 Å². The first-order valence-corrected chi connectivity index (χ1v) is 10.5. The summed E-state index contributed by atoms with van der Waals surface area (Å²) in [6.07, 6.45) is 0. The molecule has 2 atom stereocenters. The maximum atomic E-state index is 10.1. The van der Waals surface area contributed by atoms with Crippen molar-refractivity contribution in [2.24, 2.45) is 0 Å². The van der Waals surface area contributed by atoms with Crippen LogP contribution in [0, 0.1) is 0 Å². The Morgan fingerprint density at radius 2 is 0.935 bits per heavy atom. The van der Waals surface area contributed by atoms with E-state index in [0.717, 1.165) is 22.3 Å². The molecule has 4 rings (SSSR count). The van der Waals surface area contributed by atoms with Crippen LogP contribution in [0.3, 0.4) is 0 Å². The van der Waals surface area contributed by atoms with E-state index in [-0.39, 0.29) is 23.3 Å². The van der Waals surface area contributed by atoms with Gasteiger partial charge in [0.2, 0.25) is 0 Å². The van der Waals surface area contributed by atoms with Crippen LogP contribution in [0.2, 0.25) is 0 Å². The fourth-order valence-corrected chi connectivity index (χ4v) is 3.90. The van der Waals surface area contributed by atoms with E-state index in [1.54, 1.807) is 36.4 Å². The number of hydrogen-bond acceptors (Lipinski definition) is 3. The minimum atomic E-state index is 0.0374. The van der Waals surface area contributed by atoms with E-state index in [9.17, 15) is 10.2 Å². The third kappa shape index (κ3) is 4.56. The molecular weight excluding hydrogens is 384 g/mol. The highest BCUT2D eigenvalue weighted by Crippen LogP contribution is 2.40. The van der Waals surface area contributed by atoms with Gasteiger partial charge in [-0.2, -0.15) is 0 Å².